The average molecular weight is 1160 g/mol. The maximum absolute atomic E-state index is 0. The van der Waals surface area contributed by atoms with Gasteiger partial charge in [0.1, 0.15) is 0 Å². The Hall–Kier alpha value is 19.6. The molecule has 0 unspecified atom stereocenters. The summed E-state index contributed by atoms with van der Waals surface area (Å²) in [5, 5.41) is 0. The molecular formula is H117Al37O3. The highest BCUT2D eigenvalue weighted by molar-refractivity contribution is 5.79. The third-order valence-electron chi connectivity index (χ3n) is 0. The number of rotatable bonds is 0. The summed E-state index contributed by atoms with van der Waals surface area (Å²) in [6, 6.07) is 0. The number of hydrogen-bond acceptors (Lipinski definition) is 0. The van der Waals surface area contributed by atoms with Crippen LogP contribution in [0.25, 0.3) is 0 Å². The Bertz CT molecular complexity index is 15.4. The maximum Gasteiger partial charge on any atom is 0.187 e. The SMILES string of the molecule is O.O.O.[AlH3].[AlH3].[AlH3].[AlH3].[AlH3].[AlH3].[AlH3].[AlH3].[AlH3].[AlH3].[AlH3].[AlH3].[AlH3].[AlH3].[AlH3].[AlH3].[AlH3].[AlH3].[AlH3].[AlH3].[AlH3].[AlH3].[AlH3].[AlH3].[AlH3].[AlH3].[AlH3].[AlH3].[AlH3].[AlH3].[AlH3].[AlH3].[AlH3].[AlH3].[AlH3].[AlH3].[AlH3]. The standard InChI is InChI=1S/37Al.3H2O.111H/h;;;;;;;;;;;;;;;;;;;;;;;;;;;;;;;;;;;;;3*1H2;;;;;;;;;;;;;;;;;;;;;;;;;;;;;;;;;;;;;;;;;;;;;;;;;;;;;;;;;;;;;;;;;;;;;;;;;;;;;;;;;;;;;;;;;;;;;;;;;;;;;;;;;;;;;;;. The third kappa shape index (κ3) is 481. The van der Waals surface area contributed by atoms with Gasteiger partial charge in [0, 0.05) is 0 Å². The van der Waals surface area contributed by atoms with Crippen molar-refractivity contribution in [1.29, 1.82) is 0 Å². The number of hydrogen-bond donors (Lipinski definition) is 0. The lowest BCUT2D eigenvalue weighted by Gasteiger charge is -0.413. The van der Waals surface area contributed by atoms with Gasteiger partial charge >= 0.3 is 0 Å². The van der Waals surface area contributed by atoms with Gasteiger partial charge in [-0.15, -0.1) is 0 Å². The molecule has 0 aromatic carbocycles. The Morgan fingerprint density at radius 1 is 0.0500 bits per heavy atom. The van der Waals surface area contributed by atoms with E-state index < -0.39 is 0 Å². The first-order valence-corrected chi connectivity index (χ1v) is 0. The van der Waals surface area contributed by atoms with Crippen LogP contribution >= 0.6 is 0 Å². The summed E-state index contributed by atoms with van der Waals surface area (Å²) in [6.07, 6.45) is 0. The van der Waals surface area contributed by atoms with Crippen molar-refractivity contribution in [3.8, 4) is 0 Å². The Labute approximate surface area is 642 Å². The minimum absolute atomic E-state index is 0. The molecule has 0 aliphatic rings. The van der Waals surface area contributed by atoms with Crippen LogP contribution in [0.5, 0.6) is 0 Å². The molecule has 3 nitrogen and oxygen atoms in total. The second-order valence-electron chi connectivity index (χ2n) is 0. The van der Waals surface area contributed by atoms with E-state index in [1.807, 2.05) is 0 Å². The van der Waals surface area contributed by atoms with Crippen LogP contribution in [0.4, 0.5) is 0 Å². The van der Waals surface area contributed by atoms with E-state index >= 15 is 0 Å². The molecule has 0 saturated carbocycles. The molecule has 0 aliphatic heterocycles. The van der Waals surface area contributed by atoms with E-state index in [1.165, 1.54) is 0 Å². The molecule has 0 aromatic rings. The second-order valence-corrected chi connectivity index (χ2v) is 0. The van der Waals surface area contributed by atoms with Crippen molar-refractivity contribution in [3.05, 3.63) is 0 Å². The van der Waals surface area contributed by atoms with E-state index in [-0.39, 0.29) is 659 Å². The van der Waals surface area contributed by atoms with Crippen LogP contribution in [-0.4, -0.2) is 659 Å². The molecule has 0 atom stereocenters. The van der Waals surface area contributed by atoms with Crippen molar-refractivity contribution in [1.82, 2.24) is 0 Å². The van der Waals surface area contributed by atoms with Crippen LogP contribution in [0.15, 0.2) is 0 Å². The molecule has 0 amide bonds. The molecule has 0 aromatic heterocycles. The topological polar surface area (TPSA) is 94.5 Å². The van der Waals surface area contributed by atoms with Gasteiger partial charge in [0.2, 0.25) is 0 Å². The van der Waals surface area contributed by atoms with Gasteiger partial charge in [-0.25, -0.2) is 0 Å². The van der Waals surface area contributed by atoms with Crippen LogP contribution in [0.2, 0.25) is 0 Å². The summed E-state index contributed by atoms with van der Waals surface area (Å²) in [5.74, 6) is 0. The van der Waals surface area contributed by atoms with Crippen LogP contribution in [0.3, 0.4) is 0 Å². The van der Waals surface area contributed by atoms with Crippen molar-refractivity contribution in [3.63, 3.8) is 0 Å². The fourth-order valence-electron chi connectivity index (χ4n) is 0. The Morgan fingerprint density at radius 3 is 0.0500 bits per heavy atom. The van der Waals surface area contributed by atoms with Gasteiger partial charge in [-0.1, -0.05) is 0 Å². The van der Waals surface area contributed by atoms with Crippen LogP contribution in [0.1, 0.15) is 0 Å². The lowest BCUT2D eigenvalue weighted by atomic mass is 16.0. The second kappa shape index (κ2) is 507. The zero-order valence-electron chi connectivity index (χ0n) is 1.50. The van der Waals surface area contributed by atoms with Gasteiger partial charge in [-0.2, -0.15) is 0 Å². The largest absolute Gasteiger partial charge is 0.412 e. The van der Waals surface area contributed by atoms with Gasteiger partial charge in [-0.3, -0.25) is 0 Å². The van der Waals surface area contributed by atoms with Gasteiger partial charge in [-0.05, 0) is 0 Å². The molecule has 0 fully saturated rings. The lowest BCUT2D eigenvalue weighted by molar-refractivity contribution is 0.823. The van der Waals surface area contributed by atoms with Crippen LogP contribution in [0, 0.1) is 0 Å². The lowest BCUT2D eigenvalue weighted by Crippen LogP contribution is -0.382. The highest BCUT2D eigenvalue weighted by atomic mass is 27.0. The molecule has 40 heavy (non-hydrogen) atoms. The quantitative estimate of drug-likeness (QED) is 0.216. The van der Waals surface area contributed by atoms with Crippen molar-refractivity contribution in [2.45, 2.75) is 0 Å². The fraction of sp³-hybridized carbons (Fsp3) is 0. The zero-order valence-corrected chi connectivity index (χ0v) is 1.50. The van der Waals surface area contributed by atoms with E-state index in [0.29, 0.717) is 0 Å². The maximum atomic E-state index is 0. The Morgan fingerprint density at radius 2 is 0.0500 bits per heavy atom. The van der Waals surface area contributed by atoms with Gasteiger partial charge in [0.15, 0.2) is 642 Å². The summed E-state index contributed by atoms with van der Waals surface area (Å²) in [6.45, 7) is 0. The van der Waals surface area contributed by atoms with Gasteiger partial charge < -0.3 is 16.4 Å². The predicted molar refractivity (Wildman–Crippen MR) is 379 cm³/mol. The molecule has 0 saturated heterocycles. The molecule has 6 N–H and O–H groups in total. The van der Waals surface area contributed by atoms with Crippen molar-refractivity contribution in [2.24, 2.45) is 0 Å². The monoisotopic (exact) mass is 1160 g/mol. The minimum Gasteiger partial charge on any atom is -0.412 e. The van der Waals surface area contributed by atoms with Crippen LogP contribution in [-0.2, 0) is 0 Å². The van der Waals surface area contributed by atoms with E-state index in [0.717, 1.165) is 0 Å². The molecule has 0 aliphatic carbocycles. The molecular weight excluding hydrogens is 1050 g/mol. The summed E-state index contributed by atoms with van der Waals surface area (Å²) in [4.78, 5) is 0. The molecule has 0 bridgehead atoms. The molecule has 246 valence electrons. The summed E-state index contributed by atoms with van der Waals surface area (Å²) in [5.41, 5.74) is 0. The predicted octanol–water partition coefficient (Wildman–Crippen LogP) is -46.3. The van der Waals surface area contributed by atoms with E-state index in [9.17, 15) is 0 Å². The van der Waals surface area contributed by atoms with Crippen molar-refractivity contribution < 1.29 is 16.4 Å². The van der Waals surface area contributed by atoms with Crippen molar-refractivity contribution >= 4 is 642 Å². The molecule has 40 heteroatoms. The highest BCUT2D eigenvalue weighted by Crippen LogP contribution is -0.285. The summed E-state index contributed by atoms with van der Waals surface area (Å²) >= 11 is 0. The molecule has 0 rings (SSSR count). The smallest absolute Gasteiger partial charge is 0.187 e. The Kier molecular flexibility index (Phi) is 6750. The summed E-state index contributed by atoms with van der Waals surface area (Å²) < 4.78 is 0. The highest BCUT2D eigenvalue weighted by Gasteiger charge is 0.223. The fourth-order valence-corrected chi connectivity index (χ4v) is 0. The van der Waals surface area contributed by atoms with Crippen LogP contribution < -0.4 is 0 Å². The van der Waals surface area contributed by atoms with Crippen molar-refractivity contribution in [2.75, 3.05) is 0 Å². The Balaban J connectivity index is 0. The normalized spacial score (nSPS) is 0. The van der Waals surface area contributed by atoms with Gasteiger partial charge in [0.05, 0.1) is 0 Å². The average Bonchev–Trinajstić information content (AvgIpc) is 0. The van der Waals surface area contributed by atoms with E-state index in [4.69, 9.17) is 0 Å². The first-order chi connectivity index (χ1) is 0. The van der Waals surface area contributed by atoms with E-state index in [2.05, 4.69) is 0 Å². The first-order valence-electron chi connectivity index (χ1n) is 0. The summed E-state index contributed by atoms with van der Waals surface area (Å²) in [7, 11) is 0. The molecule has 0 spiro atoms. The van der Waals surface area contributed by atoms with E-state index in [1.54, 1.807) is 0 Å². The molecule has 0 radical (unpaired) electrons. The minimum atomic E-state index is 0. The third-order valence-corrected chi connectivity index (χ3v) is 0. The first kappa shape index (κ1) is 533. The zero-order chi connectivity index (χ0) is 0. The molecule has 0 heterocycles. The van der Waals surface area contributed by atoms with Gasteiger partial charge in [0.25, 0.3) is 0 Å².